The summed E-state index contributed by atoms with van der Waals surface area (Å²) in [4.78, 5) is 0. The Kier molecular flexibility index (Phi) is 3.76. The van der Waals surface area contributed by atoms with Crippen LogP contribution in [0.1, 0.15) is 17.4 Å². The van der Waals surface area contributed by atoms with Crippen molar-refractivity contribution in [1.82, 2.24) is 0 Å². The van der Waals surface area contributed by atoms with E-state index in [1.807, 2.05) is 18.2 Å². The lowest BCUT2D eigenvalue weighted by Crippen LogP contribution is -2.11. The van der Waals surface area contributed by atoms with Gasteiger partial charge in [-0.05, 0) is 41.4 Å². The maximum absolute atomic E-state index is 6.10. The van der Waals surface area contributed by atoms with E-state index in [4.69, 9.17) is 26.5 Å². The van der Waals surface area contributed by atoms with Gasteiger partial charge in [0.25, 0.3) is 0 Å². The summed E-state index contributed by atoms with van der Waals surface area (Å²) in [6.07, 6.45) is 0. The van der Waals surface area contributed by atoms with Gasteiger partial charge in [-0.25, -0.2) is 0 Å². The summed E-state index contributed by atoms with van der Waals surface area (Å²) in [5, 5.41) is 0.333. The smallest absolute Gasteiger partial charge is 0.193 e. The van der Waals surface area contributed by atoms with E-state index in [0.717, 1.165) is 15.8 Å². The normalized spacial score (nSPS) is 12.5. The highest BCUT2D eigenvalue weighted by atomic mass is 79.9. The minimum absolute atomic E-state index is 0.333. The Balaban J connectivity index is 2.34. The van der Waals surface area contributed by atoms with E-state index in [-0.39, 0.29) is 6.04 Å². The lowest BCUT2D eigenvalue weighted by Gasteiger charge is -2.12. The Morgan fingerprint density at radius 2 is 2.12 bits per heavy atom. The number of hydrogen-bond donors (Lipinski definition) is 1. The third kappa shape index (κ3) is 2.65. The Bertz CT molecular complexity index is 527. The number of halogens is 2. The van der Waals surface area contributed by atoms with Gasteiger partial charge in [-0.15, -0.1) is 0 Å². The van der Waals surface area contributed by atoms with Gasteiger partial charge in [0.2, 0.25) is 0 Å². The fraction of sp³-hybridized carbons (Fsp3) is 0.167. The molecule has 1 aromatic heterocycles. The van der Waals surface area contributed by atoms with E-state index >= 15 is 0 Å². The number of hydrogen-bond acceptors (Lipinski definition) is 3. The summed E-state index contributed by atoms with van der Waals surface area (Å²) in [7, 11) is 1.62. The van der Waals surface area contributed by atoms with Crippen molar-refractivity contribution in [1.29, 1.82) is 0 Å². The van der Waals surface area contributed by atoms with Crippen molar-refractivity contribution in [3.05, 3.63) is 51.3 Å². The first-order valence-electron chi connectivity index (χ1n) is 4.96. The van der Waals surface area contributed by atoms with Crippen LogP contribution in [0, 0.1) is 0 Å². The van der Waals surface area contributed by atoms with Gasteiger partial charge in [-0.2, -0.15) is 0 Å². The quantitative estimate of drug-likeness (QED) is 0.938. The largest absolute Gasteiger partial charge is 0.497 e. The molecule has 5 heteroatoms. The highest BCUT2D eigenvalue weighted by Crippen LogP contribution is 2.31. The Hall–Kier alpha value is -0.970. The molecule has 0 bridgehead atoms. The maximum Gasteiger partial charge on any atom is 0.193 e. The lowest BCUT2D eigenvalue weighted by molar-refractivity contribution is 0.414. The van der Waals surface area contributed by atoms with E-state index in [1.54, 1.807) is 19.2 Å². The van der Waals surface area contributed by atoms with Crippen molar-refractivity contribution in [3.8, 4) is 5.75 Å². The molecule has 2 rings (SSSR count). The average molecular weight is 317 g/mol. The van der Waals surface area contributed by atoms with Crippen molar-refractivity contribution >= 4 is 27.5 Å². The number of methoxy groups -OCH3 is 1. The van der Waals surface area contributed by atoms with E-state index in [1.165, 1.54) is 0 Å². The van der Waals surface area contributed by atoms with E-state index < -0.39 is 0 Å². The zero-order chi connectivity index (χ0) is 12.4. The molecule has 2 aromatic rings. The molecule has 0 aliphatic rings. The van der Waals surface area contributed by atoms with E-state index in [2.05, 4.69) is 15.9 Å². The van der Waals surface area contributed by atoms with Gasteiger partial charge >= 0.3 is 0 Å². The lowest BCUT2D eigenvalue weighted by atomic mass is 10.1. The van der Waals surface area contributed by atoms with Gasteiger partial charge in [0, 0.05) is 4.47 Å². The van der Waals surface area contributed by atoms with E-state index in [0.29, 0.717) is 11.0 Å². The van der Waals surface area contributed by atoms with Crippen LogP contribution in [0.15, 0.2) is 39.2 Å². The molecule has 0 aliphatic carbocycles. The molecule has 0 fully saturated rings. The minimum atomic E-state index is -0.359. The van der Waals surface area contributed by atoms with Crippen molar-refractivity contribution < 1.29 is 9.15 Å². The van der Waals surface area contributed by atoms with Crippen LogP contribution in [-0.4, -0.2) is 7.11 Å². The molecule has 0 saturated carbocycles. The molecule has 0 spiro atoms. The van der Waals surface area contributed by atoms with Crippen LogP contribution in [0.4, 0.5) is 0 Å². The Morgan fingerprint density at radius 1 is 1.35 bits per heavy atom. The second-order valence-corrected chi connectivity index (χ2v) is 4.73. The van der Waals surface area contributed by atoms with Gasteiger partial charge in [-0.3, -0.25) is 0 Å². The molecule has 1 atom stereocenters. The van der Waals surface area contributed by atoms with Gasteiger partial charge < -0.3 is 14.9 Å². The Labute approximate surface area is 113 Å². The Morgan fingerprint density at radius 3 is 2.65 bits per heavy atom. The zero-order valence-electron chi connectivity index (χ0n) is 9.11. The fourth-order valence-corrected chi connectivity index (χ4v) is 2.29. The molecule has 0 radical (unpaired) electrons. The molecule has 2 N–H and O–H groups in total. The standard InChI is InChI=1S/C12H11BrClNO2/c1-16-7-2-3-8(9(13)6-7)12(15)10-4-5-11(14)17-10/h2-6,12H,15H2,1H3. The molecule has 0 amide bonds. The molecular weight excluding hydrogens is 305 g/mol. The predicted molar refractivity (Wildman–Crippen MR) is 70.4 cm³/mol. The van der Waals surface area contributed by atoms with Crippen LogP contribution in [0.3, 0.4) is 0 Å². The van der Waals surface area contributed by atoms with Crippen molar-refractivity contribution in [3.63, 3.8) is 0 Å². The molecule has 1 unspecified atom stereocenters. The van der Waals surface area contributed by atoms with Crippen LogP contribution in [0.2, 0.25) is 5.22 Å². The van der Waals surface area contributed by atoms with Crippen LogP contribution in [0.5, 0.6) is 5.75 Å². The summed E-state index contributed by atoms with van der Waals surface area (Å²) < 4.78 is 11.3. The number of ether oxygens (including phenoxy) is 1. The second-order valence-electron chi connectivity index (χ2n) is 3.51. The first-order valence-corrected chi connectivity index (χ1v) is 6.13. The highest BCUT2D eigenvalue weighted by Gasteiger charge is 2.16. The first kappa shape index (κ1) is 12.5. The van der Waals surface area contributed by atoms with Crippen molar-refractivity contribution in [2.75, 3.05) is 7.11 Å². The van der Waals surface area contributed by atoms with Crippen LogP contribution in [-0.2, 0) is 0 Å². The summed E-state index contributed by atoms with van der Waals surface area (Å²) in [6.45, 7) is 0. The average Bonchev–Trinajstić information content (AvgIpc) is 2.75. The fourth-order valence-electron chi connectivity index (χ4n) is 1.54. The van der Waals surface area contributed by atoms with E-state index in [9.17, 15) is 0 Å². The highest BCUT2D eigenvalue weighted by molar-refractivity contribution is 9.10. The topological polar surface area (TPSA) is 48.4 Å². The predicted octanol–water partition coefficient (Wildman–Crippen LogP) is 3.75. The second kappa shape index (κ2) is 5.12. The third-order valence-corrected chi connectivity index (χ3v) is 3.33. The van der Waals surface area contributed by atoms with Crippen LogP contribution >= 0.6 is 27.5 Å². The molecule has 1 heterocycles. The van der Waals surface area contributed by atoms with Gasteiger partial charge in [0.1, 0.15) is 11.5 Å². The zero-order valence-corrected chi connectivity index (χ0v) is 11.5. The number of furan rings is 1. The van der Waals surface area contributed by atoms with Crippen LogP contribution < -0.4 is 10.5 Å². The van der Waals surface area contributed by atoms with Crippen LogP contribution in [0.25, 0.3) is 0 Å². The molecule has 1 aromatic carbocycles. The van der Waals surface area contributed by atoms with Gasteiger partial charge in [0.05, 0.1) is 13.2 Å². The SMILES string of the molecule is COc1ccc(C(N)c2ccc(Cl)o2)c(Br)c1. The summed E-state index contributed by atoms with van der Waals surface area (Å²) in [5.41, 5.74) is 7.01. The molecule has 90 valence electrons. The number of rotatable bonds is 3. The third-order valence-electron chi connectivity index (χ3n) is 2.44. The summed E-state index contributed by atoms with van der Waals surface area (Å²) in [6, 6.07) is 8.69. The van der Waals surface area contributed by atoms with Gasteiger partial charge in [-0.1, -0.05) is 22.0 Å². The maximum atomic E-state index is 6.10. The molecule has 0 aliphatic heterocycles. The molecule has 0 saturated heterocycles. The van der Waals surface area contributed by atoms with Crippen molar-refractivity contribution in [2.45, 2.75) is 6.04 Å². The minimum Gasteiger partial charge on any atom is -0.497 e. The van der Waals surface area contributed by atoms with Gasteiger partial charge in [0.15, 0.2) is 5.22 Å². The molecule has 17 heavy (non-hydrogen) atoms. The monoisotopic (exact) mass is 315 g/mol. The van der Waals surface area contributed by atoms with Crippen molar-refractivity contribution in [2.24, 2.45) is 5.73 Å². The molecular formula is C12H11BrClNO2. The molecule has 3 nitrogen and oxygen atoms in total. The first-order chi connectivity index (χ1) is 8.11. The number of nitrogens with two attached hydrogens (primary N) is 1. The summed E-state index contributed by atoms with van der Waals surface area (Å²) in [5.74, 6) is 1.39. The number of benzene rings is 1. The summed E-state index contributed by atoms with van der Waals surface area (Å²) >= 11 is 9.18.